The number of likely N-dealkylation sites (N-methyl/N-ethyl adjacent to an activating group) is 1. The molecule has 0 amide bonds. The van der Waals surface area contributed by atoms with E-state index >= 15 is 0 Å². The normalized spacial score (nSPS) is 18.4. The lowest BCUT2D eigenvalue weighted by Crippen LogP contribution is -2.52. The lowest BCUT2D eigenvalue weighted by Gasteiger charge is -2.40. The first-order valence-electron chi connectivity index (χ1n) is 7.59. The summed E-state index contributed by atoms with van der Waals surface area (Å²) in [7, 11) is 0. The number of hydrogen-bond donors (Lipinski definition) is 1. The van der Waals surface area contributed by atoms with E-state index in [-0.39, 0.29) is 5.60 Å². The van der Waals surface area contributed by atoms with Gasteiger partial charge in [-0.15, -0.1) is 0 Å². The Morgan fingerprint density at radius 1 is 1.18 bits per heavy atom. The smallest absolute Gasteiger partial charge is 0.0829 e. The molecule has 1 rings (SSSR count). The van der Waals surface area contributed by atoms with Crippen LogP contribution in [0.15, 0.2) is 0 Å². The molecule has 1 aliphatic rings. The highest BCUT2D eigenvalue weighted by Crippen LogP contribution is 2.36. The maximum absolute atomic E-state index is 6.13. The molecule has 0 bridgehead atoms. The molecule has 2 heteroatoms. The molecular formula is C15H31NO. The quantitative estimate of drug-likeness (QED) is 0.629. The number of nitrogens with one attached hydrogen (secondary N) is 1. The molecule has 0 spiro atoms. The van der Waals surface area contributed by atoms with E-state index < -0.39 is 0 Å². The fourth-order valence-corrected chi connectivity index (χ4v) is 2.94. The fraction of sp³-hybridized carbons (Fsp3) is 1.00. The van der Waals surface area contributed by atoms with Crippen molar-refractivity contribution in [2.75, 3.05) is 13.2 Å². The van der Waals surface area contributed by atoms with Crippen LogP contribution in [0.4, 0.5) is 0 Å². The van der Waals surface area contributed by atoms with Gasteiger partial charge in [0, 0.05) is 12.6 Å². The predicted octanol–water partition coefficient (Wildman–Crippen LogP) is 3.75. The highest BCUT2D eigenvalue weighted by molar-refractivity contribution is 4.92. The molecule has 0 aliphatic heterocycles. The van der Waals surface area contributed by atoms with Gasteiger partial charge in [-0.05, 0) is 45.1 Å². The van der Waals surface area contributed by atoms with Crippen LogP contribution in [-0.2, 0) is 4.74 Å². The third kappa shape index (κ3) is 4.26. The van der Waals surface area contributed by atoms with E-state index in [1.165, 1.54) is 25.7 Å². The molecule has 0 aromatic heterocycles. The van der Waals surface area contributed by atoms with Gasteiger partial charge in [0.05, 0.1) is 5.60 Å². The van der Waals surface area contributed by atoms with E-state index in [4.69, 9.17) is 4.74 Å². The lowest BCUT2D eigenvalue weighted by molar-refractivity contribution is -0.0740. The van der Waals surface area contributed by atoms with Crippen LogP contribution in [0.3, 0.4) is 0 Å². The van der Waals surface area contributed by atoms with Gasteiger partial charge in [-0.1, -0.05) is 33.6 Å². The van der Waals surface area contributed by atoms with Gasteiger partial charge < -0.3 is 10.1 Å². The van der Waals surface area contributed by atoms with Gasteiger partial charge in [0.2, 0.25) is 0 Å². The number of ether oxygens (including phenoxy) is 1. The van der Waals surface area contributed by atoms with Crippen LogP contribution in [0.2, 0.25) is 0 Å². The van der Waals surface area contributed by atoms with Crippen LogP contribution in [-0.4, -0.2) is 24.8 Å². The van der Waals surface area contributed by atoms with Crippen molar-refractivity contribution in [1.82, 2.24) is 5.32 Å². The first kappa shape index (κ1) is 15.0. The maximum atomic E-state index is 6.13. The Hall–Kier alpha value is -0.0800. The standard InChI is InChI=1S/C15H31NO/c1-5-15(6-2,17-8-4)14(16-7-3)12-11-13-9-10-13/h13-14,16H,5-12H2,1-4H3. The van der Waals surface area contributed by atoms with Crippen LogP contribution < -0.4 is 5.32 Å². The minimum Gasteiger partial charge on any atom is -0.374 e. The zero-order valence-electron chi connectivity index (χ0n) is 12.2. The Balaban J connectivity index is 2.59. The summed E-state index contributed by atoms with van der Waals surface area (Å²) in [5, 5.41) is 3.67. The maximum Gasteiger partial charge on any atom is 0.0829 e. The lowest BCUT2D eigenvalue weighted by atomic mass is 9.84. The van der Waals surface area contributed by atoms with Gasteiger partial charge in [-0.3, -0.25) is 0 Å². The minimum atomic E-state index is 0.0552. The Bertz CT molecular complexity index is 197. The van der Waals surface area contributed by atoms with E-state index in [2.05, 4.69) is 33.0 Å². The molecule has 1 aliphatic carbocycles. The molecular weight excluding hydrogens is 210 g/mol. The molecule has 0 saturated heterocycles. The summed E-state index contributed by atoms with van der Waals surface area (Å²) in [6.07, 6.45) is 7.80. The summed E-state index contributed by atoms with van der Waals surface area (Å²) in [5.74, 6) is 1.02. The van der Waals surface area contributed by atoms with Crippen LogP contribution in [0.25, 0.3) is 0 Å². The van der Waals surface area contributed by atoms with E-state index in [9.17, 15) is 0 Å². The second kappa shape index (κ2) is 7.38. The zero-order chi connectivity index (χ0) is 12.7. The van der Waals surface area contributed by atoms with Crippen molar-refractivity contribution in [3.63, 3.8) is 0 Å². The van der Waals surface area contributed by atoms with Crippen LogP contribution >= 0.6 is 0 Å². The molecule has 0 aromatic carbocycles. The molecule has 0 heterocycles. The van der Waals surface area contributed by atoms with Crippen LogP contribution in [0, 0.1) is 5.92 Å². The Morgan fingerprint density at radius 3 is 2.24 bits per heavy atom. The largest absolute Gasteiger partial charge is 0.374 e. The summed E-state index contributed by atoms with van der Waals surface area (Å²) < 4.78 is 6.13. The molecule has 1 fully saturated rings. The van der Waals surface area contributed by atoms with E-state index in [1.807, 2.05) is 0 Å². The third-order valence-corrected chi connectivity index (χ3v) is 4.27. The van der Waals surface area contributed by atoms with Crippen molar-refractivity contribution >= 4 is 0 Å². The van der Waals surface area contributed by atoms with Crippen molar-refractivity contribution in [1.29, 1.82) is 0 Å². The summed E-state index contributed by atoms with van der Waals surface area (Å²) in [6, 6.07) is 0.531. The number of hydrogen-bond acceptors (Lipinski definition) is 2. The summed E-state index contributed by atoms with van der Waals surface area (Å²) in [6.45, 7) is 10.7. The van der Waals surface area contributed by atoms with Crippen LogP contribution in [0.5, 0.6) is 0 Å². The first-order valence-corrected chi connectivity index (χ1v) is 7.59. The monoisotopic (exact) mass is 241 g/mol. The van der Waals surface area contributed by atoms with Gasteiger partial charge in [-0.25, -0.2) is 0 Å². The van der Waals surface area contributed by atoms with E-state index in [1.54, 1.807) is 0 Å². The average molecular weight is 241 g/mol. The van der Waals surface area contributed by atoms with Crippen molar-refractivity contribution in [3.05, 3.63) is 0 Å². The van der Waals surface area contributed by atoms with Gasteiger partial charge in [0.25, 0.3) is 0 Å². The average Bonchev–Trinajstić information content (AvgIpc) is 3.16. The molecule has 102 valence electrons. The van der Waals surface area contributed by atoms with Crippen LogP contribution in [0.1, 0.15) is 66.2 Å². The highest BCUT2D eigenvalue weighted by Gasteiger charge is 2.36. The summed E-state index contributed by atoms with van der Waals surface area (Å²) in [5.41, 5.74) is 0.0552. The third-order valence-electron chi connectivity index (χ3n) is 4.27. The van der Waals surface area contributed by atoms with Crippen molar-refractivity contribution < 1.29 is 4.74 Å². The van der Waals surface area contributed by atoms with Gasteiger partial charge >= 0.3 is 0 Å². The van der Waals surface area contributed by atoms with E-state index in [0.717, 1.165) is 31.9 Å². The molecule has 1 unspecified atom stereocenters. The Labute approximate surface area is 108 Å². The fourth-order valence-electron chi connectivity index (χ4n) is 2.94. The van der Waals surface area contributed by atoms with Gasteiger partial charge in [0.1, 0.15) is 0 Å². The molecule has 2 nitrogen and oxygen atoms in total. The molecule has 0 aromatic rings. The molecule has 1 saturated carbocycles. The van der Waals surface area contributed by atoms with Gasteiger partial charge in [-0.2, -0.15) is 0 Å². The van der Waals surface area contributed by atoms with Gasteiger partial charge in [0.15, 0.2) is 0 Å². The second-order valence-electron chi connectivity index (χ2n) is 5.34. The summed E-state index contributed by atoms with van der Waals surface area (Å²) in [4.78, 5) is 0. The highest BCUT2D eigenvalue weighted by atomic mass is 16.5. The second-order valence-corrected chi connectivity index (χ2v) is 5.34. The molecule has 17 heavy (non-hydrogen) atoms. The van der Waals surface area contributed by atoms with Crippen molar-refractivity contribution in [2.24, 2.45) is 5.92 Å². The molecule has 1 atom stereocenters. The zero-order valence-corrected chi connectivity index (χ0v) is 12.2. The summed E-state index contributed by atoms with van der Waals surface area (Å²) >= 11 is 0. The Morgan fingerprint density at radius 2 is 1.82 bits per heavy atom. The van der Waals surface area contributed by atoms with Crippen molar-refractivity contribution in [2.45, 2.75) is 77.9 Å². The number of rotatable bonds is 10. The topological polar surface area (TPSA) is 21.3 Å². The minimum absolute atomic E-state index is 0.0552. The van der Waals surface area contributed by atoms with E-state index in [0.29, 0.717) is 6.04 Å². The Kier molecular flexibility index (Phi) is 6.50. The molecule has 1 N–H and O–H groups in total. The van der Waals surface area contributed by atoms with Crippen molar-refractivity contribution in [3.8, 4) is 0 Å². The SMILES string of the molecule is CCNC(CCC1CC1)C(CC)(CC)OCC. The predicted molar refractivity (Wildman–Crippen MR) is 74.4 cm³/mol. The molecule has 0 radical (unpaired) electrons. The first-order chi connectivity index (χ1) is 8.22.